The maximum Gasteiger partial charge on any atom is 0.256 e. The lowest BCUT2D eigenvalue weighted by Crippen LogP contribution is -2.36. The van der Waals surface area contributed by atoms with Gasteiger partial charge >= 0.3 is 0 Å². The Bertz CT molecular complexity index is 499. The molecule has 1 aliphatic rings. The van der Waals surface area contributed by atoms with Gasteiger partial charge in [-0.2, -0.15) is 0 Å². The number of hydrogen-bond donors (Lipinski definition) is 1. The van der Waals surface area contributed by atoms with Crippen molar-refractivity contribution >= 4 is 11.6 Å². The van der Waals surface area contributed by atoms with Crippen LogP contribution in [0.4, 0.5) is 10.1 Å². The van der Waals surface area contributed by atoms with Crippen LogP contribution in [0.3, 0.4) is 0 Å². The minimum absolute atomic E-state index is 0.0586. The Balaban J connectivity index is 2.19. The molecule has 1 saturated heterocycles. The molecule has 0 aromatic heterocycles. The van der Waals surface area contributed by atoms with Crippen LogP contribution in [0.15, 0.2) is 12.1 Å². The summed E-state index contributed by atoms with van der Waals surface area (Å²) in [5, 5.41) is 0. The van der Waals surface area contributed by atoms with E-state index in [9.17, 15) is 9.18 Å². The molecule has 5 heteroatoms. The summed E-state index contributed by atoms with van der Waals surface area (Å²) in [5.41, 5.74) is 6.58. The van der Waals surface area contributed by atoms with E-state index in [1.54, 1.807) is 11.8 Å². The number of amides is 1. The van der Waals surface area contributed by atoms with Gasteiger partial charge < -0.3 is 15.4 Å². The molecule has 1 amide bonds. The van der Waals surface area contributed by atoms with Crippen molar-refractivity contribution in [1.29, 1.82) is 0 Å². The van der Waals surface area contributed by atoms with Gasteiger partial charge in [0.15, 0.2) is 0 Å². The molecule has 1 aromatic carbocycles. The summed E-state index contributed by atoms with van der Waals surface area (Å²) >= 11 is 0. The van der Waals surface area contributed by atoms with Crippen LogP contribution >= 0.6 is 0 Å². The van der Waals surface area contributed by atoms with E-state index in [0.29, 0.717) is 36.9 Å². The number of ether oxygens (including phenoxy) is 1. The standard InChI is InChI=1S/C15H21FN2O2/c1-3-18(8-11-4-5-20-9-11)15(19)13-7-12(17)6-10(2)14(13)16/h6-7,11H,3-5,8-9,17H2,1-2H3. The lowest BCUT2D eigenvalue weighted by atomic mass is 10.1. The highest BCUT2D eigenvalue weighted by molar-refractivity contribution is 5.95. The van der Waals surface area contributed by atoms with Gasteiger partial charge in [0.05, 0.1) is 12.2 Å². The molecule has 2 N–H and O–H groups in total. The van der Waals surface area contributed by atoms with E-state index in [1.165, 1.54) is 12.1 Å². The zero-order chi connectivity index (χ0) is 14.7. The molecule has 110 valence electrons. The second kappa shape index (κ2) is 6.22. The van der Waals surface area contributed by atoms with Gasteiger partial charge in [-0.3, -0.25) is 4.79 Å². The number of carbonyl (C=O) groups excluding carboxylic acids is 1. The zero-order valence-corrected chi connectivity index (χ0v) is 12.0. The second-order valence-corrected chi connectivity index (χ2v) is 5.27. The van der Waals surface area contributed by atoms with Gasteiger partial charge in [-0.15, -0.1) is 0 Å². The summed E-state index contributed by atoms with van der Waals surface area (Å²) in [6.45, 7) is 6.06. The van der Waals surface area contributed by atoms with E-state index in [4.69, 9.17) is 10.5 Å². The van der Waals surface area contributed by atoms with Crippen LogP contribution in [-0.2, 0) is 4.74 Å². The highest BCUT2D eigenvalue weighted by atomic mass is 19.1. The number of halogens is 1. The van der Waals surface area contributed by atoms with Crippen LogP contribution in [0.2, 0.25) is 0 Å². The lowest BCUT2D eigenvalue weighted by molar-refractivity contribution is 0.0726. The minimum atomic E-state index is -0.481. The quantitative estimate of drug-likeness (QED) is 0.860. The molecule has 1 aliphatic heterocycles. The van der Waals surface area contributed by atoms with E-state index in [-0.39, 0.29) is 11.5 Å². The second-order valence-electron chi connectivity index (χ2n) is 5.27. The predicted molar refractivity (Wildman–Crippen MR) is 76.1 cm³/mol. The first kappa shape index (κ1) is 14.8. The molecule has 4 nitrogen and oxygen atoms in total. The molecule has 0 saturated carbocycles. The molecule has 0 spiro atoms. The molecule has 0 radical (unpaired) electrons. The first-order valence-corrected chi connectivity index (χ1v) is 6.95. The number of aryl methyl sites for hydroxylation is 1. The van der Waals surface area contributed by atoms with Crippen molar-refractivity contribution in [1.82, 2.24) is 4.90 Å². The predicted octanol–water partition coefficient (Wildman–Crippen LogP) is 2.21. The van der Waals surface area contributed by atoms with Crippen LogP contribution in [-0.4, -0.2) is 37.1 Å². The van der Waals surface area contributed by atoms with Gasteiger partial charge in [0, 0.05) is 31.3 Å². The van der Waals surface area contributed by atoms with E-state index in [2.05, 4.69) is 0 Å². The molecule has 20 heavy (non-hydrogen) atoms. The number of anilines is 1. The Morgan fingerprint density at radius 2 is 2.30 bits per heavy atom. The normalized spacial score (nSPS) is 18.2. The van der Waals surface area contributed by atoms with Gasteiger partial charge in [-0.05, 0) is 38.0 Å². The van der Waals surface area contributed by atoms with Crippen LogP contribution in [0, 0.1) is 18.7 Å². The average molecular weight is 280 g/mol. The van der Waals surface area contributed by atoms with Gasteiger partial charge in [-0.1, -0.05) is 0 Å². The monoisotopic (exact) mass is 280 g/mol. The number of benzene rings is 1. The molecular formula is C15H21FN2O2. The van der Waals surface area contributed by atoms with Crippen LogP contribution in [0.25, 0.3) is 0 Å². The van der Waals surface area contributed by atoms with Gasteiger partial charge in [0.2, 0.25) is 0 Å². The molecule has 1 heterocycles. The molecule has 1 aromatic rings. The third kappa shape index (κ3) is 3.10. The Morgan fingerprint density at radius 1 is 1.55 bits per heavy atom. The van der Waals surface area contributed by atoms with Crippen molar-refractivity contribution in [3.8, 4) is 0 Å². The Kier molecular flexibility index (Phi) is 4.60. The zero-order valence-electron chi connectivity index (χ0n) is 12.0. The number of nitrogens with zero attached hydrogens (tertiary/aromatic N) is 1. The molecule has 2 rings (SSSR count). The highest BCUT2D eigenvalue weighted by Crippen LogP contribution is 2.21. The summed E-state index contributed by atoms with van der Waals surface area (Å²) in [7, 11) is 0. The Labute approximate surface area is 118 Å². The van der Waals surface area contributed by atoms with E-state index in [1.807, 2.05) is 6.92 Å². The van der Waals surface area contributed by atoms with Crippen molar-refractivity contribution in [2.75, 3.05) is 32.0 Å². The van der Waals surface area contributed by atoms with Crippen molar-refractivity contribution < 1.29 is 13.9 Å². The summed E-state index contributed by atoms with van der Waals surface area (Å²) in [4.78, 5) is 14.1. The van der Waals surface area contributed by atoms with Crippen molar-refractivity contribution in [3.63, 3.8) is 0 Å². The average Bonchev–Trinajstić information content (AvgIpc) is 2.92. The fraction of sp³-hybridized carbons (Fsp3) is 0.533. The fourth-order valence-electron chi connectivity index (χ4n) is 2.52. The maximum atomic E-state index is 14.1. The van der Waals surface area contributed by atoms with E-state index in [0.717, 1.165) is 13.0 Å². The number of hydrogen-bond acceptors (Lipinski definition) is 3. The molecule has 0 bridgehead atoms. The topological polar surface area (TPSA) is 55.6 Å². The van der Waals surface area contributed by atoms with Crippen molar-refractivity contribution in [3.05, 3.63) is 29.1 Å². The summed E-state index contributed by atoms with van der Waals surface area (Å²) in [5.74, 6) is -0.443. The fourth-order valence-corrected chi connectivity index (χ4v) is 2.52. The van der Waals surface area contributed by atoms with E-state index >= 15 is 0 Å². The van der Waals surface area contributed by atoms with Gasteiger partial charge in [-0.25, -0.2) is 4.39 Å². The van der Waals surface area contributed by atoms with Crippen LogP contribution in [0.1, 0.15) is 29.3 Å². The molecule has 0 aliphatic carbocycles. The van der Waals surface area contributed by atoms with Crippen molar-refractivity contribution in [2.24, 2.45) is 5.92 Å². The van der Waals surface area contributed by atoms with Gasteiger partial charge in [0.25, 0.3) is 5.91 Å². The highest BCUT2D eigenvalue weighted by Gasteiger charge is 2.24. The number of nitrogen functional groups attached to an aromatic ring is 1. The number of carbonyl (C=O) groups is 1. The summed E-state index contributed by atoms with van der Waals surface area (Å²) in [6.07, 6.45) is 0.947. The van der Waals surface area contributed by atoms with Crippen molar-refractivity contribution in [2.45, 2.75) is 20.3 Å². The Morgan fingerprint density at radius 3 is 2.90 bits per heavy atom. The van der Waals surface area contributed by atoms with E-state index < -0.39 is 5.82 Å². The largest absolute Gasteiger partial charge is 0.399 e. The summed E-state index contributed by atoms with van der Waals surface area (Å²) in [6, 6.07) is 2.95. The molecule has 1 fully saturated rings. The Hall–Kier alpha value is -1.62. The minimum Gasteiger partial charge on any atom is -0.399 e. The van der Waals surface area contributed by atoms with Crippen LogP contribution < -0.4 is 5.73 Å². The van der Waals surface area contributed by atoms with Gasteiger partial charge in [0.1, 0.15) is 5.82 Å². The number of rotatable bonds is 4. The first-order valence-electron chi connectivity index (χ1n) is 6.95. The molecule has 1 unspecified atom stereocenters. The molecular weight excluding hydrogens is 259 g/mol. The third-order valence-electron chi connectivity index (χ3n) is 3.68. The third-order valence-corrected chi connectivity index (χ3v) is 3.68. The first-order chi connectivity index (χ1) is 9.52. The maximum absolute atomic E-state index is 14.1. The lowest BCUT2D eigenvalue weighted by Gasteiger charge is -2.24. The van der Waals surface area contributed by atoms with Crippen LogP contribution in [0.5, 0.6) is 0 Å². The smallest absolute Gasteiger partial charge is 0.256 e. The number of nitrogens with two attached hydrogens (primary N) is 1. The SMILES string of the molecule is CCN(CC1CCOC1)C(=O)c1cc(N)cc(C)c1F. The summed E-state index contributed by atoms with van der Waals surface area (Å²) < 4.78 is 19.4. The molecule has 1 atom stereocenters.